The number of ether oxygens (including phenoxy) is 1. The Morgan fingerprint density at radius 3 is 2.83 bits per heavy atom. The maximum absolute atomic E-state index is 12.0. The highest BCUT2D eigenvalue weighted by molar-refractivity contribution is 8.00. The number of hydrogen-bond acceptors (Lipinski definition) is 5. The Balaban J connectivity index is 2.07. The van der Waals surface area contributed by atoms with Crippen LogP contribution in [0.1, 0.15) is 31.2 Å². The van der Waals surface area contributed by atoms with Crippen LogP contribution in [-0.4, -0.2) is 46.5 Å². The van der Waals surface area contributed by atoms with E-state index < -0.39 is 11.3 Å². The molecule has 2 heterocycles. The van der Waals surface area contributed by atoms with Crippen LogP contribution in [0.5, 0.6) is 0 Å². The molecule has 0 bridgehead atoms. The Kier molecular flexibility index (Phi) is 6.06. The highest BCUT2D eigenvalue weighted by Gasteiger charge is 2.23. The van der Waals surface area contributed by atoms with Crippen LogP contribution in [0, 0.1) is 13.8 Å². The average molecular weight is 340 g/mol. The summed E-state index contributed by atoms with van der Waals surface area (Å²) in [6.45, 7) is 7.31. The number of thioether (sulfide) groups is 1. The Hall–Kier alpha value is -1.54. The van der Waals surface area contributed by atoms with E-state index in [0.29, 0.717) is 0 Å². The smallest absolute Gasteiger partial charge is 0.321 e. The van der Waals surface area contributed by atoms with E-state index in [-0.39, 0.29) is 12.0 Å². The molecule has 1 saturated heterocycles. The van der Waals surface area contributed by atoms with Crippen LogP contribution < -0.4 is 10.6 Å². The maximum atomic E-state index is 12.0. The predicted molar refractivity (Wildman–Crippen MR) is 88.6 cm³/mol. The molecule has 0 unspecified atom stereocenters. The first-order chi connectivity index (χ1) is 10.9. The van der Waals surface area contributed by atoms with Crippen LogP contribution >= 0.6 is 11.8 Å². The molecule has 128 valence electrons. The van der Waals surface area contributed by atoms with Gasteiger partial charge < -0.3 is 14.6 Å². The zero-order valence-electron chi connectivity index (χ0n) is 14.0. The van der Waals surface area contributed by atoms with Crippen molar-refractivity contribution in [2.75, 3.05) is 13.7 Å². The number of carbonyl (C=O) groups excluding carboxylic acids is 2. The predicted octanol–water partition coefficient (Wildman–Crippen LogP) is 1.62. The first kappa shape index (κ1) is 17.8. The molecule has 2 rings (SSSR count). The van der Waals surface area contributed by atoms with Crippen molar-refractivity contribution >= 4 is 23.7 Å². The number of aromatic nitrogens is 2. The van der Waals surface area contributed by atoms with E-state index in [2.05, 4.69) is 20.2 Å². The lowest BCUT2D eigenvalue weighted by Crippen LogP contribution is -2.41. The minimum atomic E-state index is -0.502. The third kappa shape index (κ3) is 4.48. The SMILES string of the molecule is CNC(=O)NC(=O)[C@H](C)Sc1nc(C)c(C)n1C[C@@H]1CCCO1. The summed E-state index contributed by atoms with van der Waals surface area (Å²) in [6, 6.07) is -0.502. The fraction of sp³-hybridized carbons (Fsp3) is 0.667. The fourth-order valence-corrected chi connectivity index (χ4v) is 3.42. The number of hydrogen-bond donors (Lipinski definition) is 2. The van der Waals surface area contributed by atoms with Crippen molar-refractivity contribution in [2.24, 2.45) is 0 Å². The van der Waals surface area contributed by atoms with E-state index >= 15 is 0 Å². The summed E-state index contributed by atoms with van der Waals surface area (Å²) in [5.74, 6) is -0.337. The lowest BCUT2D eigenvalue weighted by atomic mass is 10.2. The first-order valence-corrected chi connectivity index (χ1v) is 8.65. The van der Waals surface area contributed by atoms with Crippen LogP contribution in [0.25, 0.3) is 0 Å². The molecule has 0 spiro atoms. The molecule has 0 aromatic carbocycles. The summed E-state index contributed by atoms with van der Waals surface area (Å²) in [5, 5.41) is 5.03. The van der Waals surface area contributed by atoms with Gasteiger partial charge in [-0.25, -0.2) is 9.78 Å². The van der Waals surface area contributed by atoms with Gasteiger partial charge in [0.1, 0.15) is 0 Å². The normalized spacial score (nSPS) is 18.7. The molecule has 3 amide bonds. The molecule has 8 heteroatoms. The number of nitrogens with zero attached hydrogens (tertiary/aromatic N) is 2. The van der Waals surface area contributed by atoms with Crippen molar-refractivity contribution in [3.63, 3.8) is 0 Å². The van der Waals surface area contributed by atoms with Crippen molar-refractivity contribution in [1.29, 1.82) is 0 Å². The van der Waals surface area contributed by atoms with Crippen molar-refractivity contribution in [3.05, 3.63) is 11.4 Å². The van der Waals surface area contributed by atoms with Crippen molar-refractivity contribution in [3.8, 4) is 0 Å². The van der Waals surface area contributed by atoms with Crippen LogP contribution in [0.15, 0.2) is 5.16 Å². The number of rotatable bonds is 5. The van der Waals surface area contributed by atoms with E-state index in [9.17, 15) is 9.59 Å². The second-order valence-electron chi connectivity index (χ2n) is 5.64. The molecule has 7 nitrogen and oxygen atoms in total. The third-order valence-corrected chi connectivity index (χ3v) is 5.04. The second kappa shape index (κ2) is 7.83. The zero-order valence-corrected chi connectivity index (χ0v) is 14.8. The maximum Gasteiger partial charge on any atom is 0.321 e. The number of aryl methyl sites for hydroxylation is 1. The van der Waals surface area contributed by atoms with Crippen LogP contribution in [-0.2, 0) is 16.1 Å². The molecule has 0 radical (unpaired) electrons. The Morgan fingerprint density at radius 1 is 1.48 bits per heavy atom. The Morgan fingerprint density at radius 2 is 2.22 bits per heavy atom. The second-order valence-corrected chi connectivity index (χ2v) is 6.95. The summed E-state index contributed by atoms with van der Waals surface area (Å²) in [5.41, 5.74) is 2.03. The van der Waals surface area contributed by atoms with Gasteiger partial charge in [-0.1, -0.05) is 11.8 Å². The average Bonchev–Trinajstić information content (AvgIpc) is 3.11. The fourth-order valence-electron chi connectivity index (χ4n) is 2.41. The molecule has 1 aliphatic rings. The molecular weight excluding hydrogens is 316 g/mol. The van der Waals surface area contributed by atoms with E-state index in [4.69, 9.17) is 4.74 Å². The van der Waals surface area contributed by atoms with E-state index in [0.717, 1.165) is 42.5 Å². The number of carbonyl (C=O) groups is 2. The van der Waals surface area contributed by atoms with Gasteiger partial charge in [-0.2, -0.15) is 0 Å². The van der Waals surface area contributed by atoms with E-state index in [1.165, 1.54) is 18.8 Å². The van der Waals surface area contributed by atoms with Gasteiger partial charge in [0.15, 0.2) is 5.16 Å². The molecule has 1 aliphatic heterocycles. The van der Waals surface area contributed by atoms with E-state index in [1.807, 2.05) is 13.8 Å². The summed E-state index contributed by atoms with van der Waals surface area (Å²) in [4.78, 5) is 27.8. The monoisotopic (exact) mass is 340 g/mol. The summed E-state index contributed by atoms with van der Waals surface area (Å²) in [7, 11) is 1.47. The molecule has 1 fully saturated rings. The zero-order chi connectivity index (χ0) is 17.0. The highest BCUT2D eigenvalue weighted by atomic mass is 32.2. The summed E-state index contributed by atoms with van der Waals surface area (Å²) >= 11 is 1.35. The van der Waals surface area contributed by atoms with Gasteiger partial charge in [-0.05, 0) is 33.6 Å². The summed E-state index contributed by atoms with van der Waals surface area (Å²) < 4.78 is 7.82. The van der Waals surface area contributed by atoms with Crippen molar-refractivity contribution in [2.45, 2.75) is 56.7 Å². The Labute approximate surface area is 140 Å². The lowest BCUT2D eigenvalue weighted by Gasteiger charge is -2.16. The standard InChI is InChI=1S/C15H24N4O3S/c1-9-10(2)19(8-12-6-5-7-22-12)15(17-9)23-11(3)13(20)18-14(21)16-4/h11-12H,5-8H2,1-4H3,(H2,16,18,20,21)/t11-,12-/m0/s1. The molecular formula is C15H24N4O3S. The quantitative estimate of drug-likeness (QED) is 0.796. The summed E-state index contributed by atoms with van der Waals surface area (Å²) in [6.07, 6.45) is 2.34. The van der Waals surface area contributed by atoms with Crippen molar-refractivity contribution in [1.82, 2.24) is 20.2 Å². The molecule has 0 aliphatic carbocycles. The Bertz CT molecular complexity index is 582. The third-order valence-electron chi connectivity index (χ3n) is 3.95. The molecule has 1 aromatic rings. The van der Waals surface area contributed by atoms with Crippen LogP contribution in [0.4, 0.5) is 4.79 Å². The van der Waals surface area contributed by atoms with Gasteiger partial charge in [0.2, 0.25) is 5.91 Å². The molecule has 23 heavy (non-hydrogen) atoms. The lowest BCUT2D eigenvalue weighted by molar-refractivity contribution is -0.119. The topological polar surface area (TPSA) is 85.3 Å². The van der Waals surface area contributed by atoms with Gasteiger partial charge in [0, 0.05) is 19.3 Å². The highest BCUT2D eigenvalue weighted by Crippen LogP contribution is 2.27. The minimum Gasteiger partial charge on any atom is -0.376 e. The van der Waals surface area contributed by atoms with Gasteiger partial charge in [0.05, 0.1) is 23.6 Å². The number of urea groups is 1. The van der Waals surface area contributed by atoms with Crippen LogP contribution in [0.2, 0.25) is 0 Å². The number of imidazole rings is 1. The number of imide groups is 1. The van der Waals surface area contributed by atoms with Gasteiger partial charge >= 0.3 is 6.03 Å². The molecule has 2 atom stereocenters. The number of amides is 3. The molecule has 0 saturated carbocycles. The molecule has 2 N–H and O–H groups in total. The molecule has 1 aromatic heterocycles. The minimum absolute atomic E-state index is 0.205. The largest absolute Gasteiger partial charge is 0.376 e. The van der Waals surface area contributed by atoms with Crippen LogP contribution in [0.3, 0.4) is 0 Å². The number of nitrogens with one attached hydrogen (secondary N) is 2. The van der Waals surface area contributed by atoms with Gasteiger partial charge in [-0.15, -0.1) is 0 Å². The van der Waals surface area contributed by atoms with Gasteiger partial charge in [0.25, 0.3) is 0 Å². The van der Waals surface area contributed by atoms with E-state index in [1.54, 1.807) is 6.92 Å². The van der Waals surface area contributed by atoms with Crippen molar-refractivity contribution < 1.29 is 14.3 Å². The first-order valence-electron chi connectivity index (χ1n) is 7.77. The van der Waals surface area contributed by atoms with Gasteiger partial charge in [-0.3, -0.25) is 10.1 Å².